The minimum absolute atomic E-state index is 0.00429. The van der Waals surface area contributed by atoms with Gasteiger partial charge in [0.1, 0.15) is 17.2 Å². The first-order chi connectivity index (χ1) is 9.15. The molecule has 1 aromatic heterocycles. The van der Waals surface area contributed by atoms with Crippen LogP contribution < -0.4 is 9.47 Å². The number of nitrogens with zero attached hydrogens (tertiary/aromatic N) is 1. The summed E-state index contributed by atoms with van der Waals surface area (Å²) in [6.45, 7) is 0. The second-order valence-electron chi connectivity index (χ2n) is 3.78. The van der Waals surface area contributed by atoms with Crippen molar-refractivity contribution in [1.82, 2.24) is 4.98 Å². The highest BCUT2D eigenvalue weighted by Crippen LogP contribution is 2.32. The molecule has 0 unspecified atom stereocenters. The number of ether oxygens (including phenoxy) is 2. The van der Waals surface area contributed by atoms with Crippen LogP contribution >= 0.6 is 0 Å². The van der Waals surface area contributed by atoms with Gasteiger partial charge in [-0.25, -0.2) is 9.78 Å². The lowest BCUT2D eigenvalue weighted by atomic mass is 10.1. The van der Waals surface area contributed by atoms with Crippen LogP contribution in [0.5, 0.6) is 11.5 Å². The Bertz CT molecular complexity index is 610. The number of aromatic carboxylic acids is 1. The lowest BCUT2D eigenvalue weighted by Gasteiger charge is -2.10. The zero-order chi connectivity index (χ0) is 13.8. The predicted octanol–water partition coefficient (Wildman–Crippen LogP) is 2.46. The largest absolute Gasteiger partial charge is 0.497 e. The quantitative estimate of drug-likeness (QED) is 0.913. The molecule has 1 aromatic carbocycles. The molecule has 19 heavy (non-hydrogen) atoms. The first-order valence-corrected chi connectivity index (χ1v) is 5.58. The molecule has 0 spiro atoms. The van der Waals surface area contributed by atoms with Crippen molar-refractivity contribution in [3.8, 4) is 22.8 Å². The van der Waals surface area contributed by atoms with E-state index in [-0.39, 0.29) is 5.69 Å². The van der Waals surface area contributed by atoms with Gasteiger partial charge in [0, 0.05) is 11.6 Å². The van der Waals surface area contributed by atoms with Gasteiger partial charge >= 0.3 is 5.97 Å². The fourth-order valence-electron chi connectivity index (χ4n) is 1.71. The molecule has 5 heteroatoms. The Morgan fingerprint density at radius 3 is 2.58 bits per heavy atom. The monoisotopic (exact) mass is 259 g/mol. The number of rotatable bonds is 4. The number of hydrogen-bond donors (Lipinski definition) is 1. The molecule has 5 nitrogen and oxygen atoms in total. The number of carbonyl (C=O) groups is 1. The second kappa shape index (κ2) is 5.39. The summed E-state index contributed by atoms with van der Waals surface area (Å²) in [5, 5.41) is 8.95. The maximum Gasteiger partial charge on any atom is 0.354 e. The van der Waals surface area contributed by atoms with Gasteiger partial charge in [0.15, 0.2) is 0 Å². The minimum Gasteiger partial charge on any atom is -0.497 e. The molecule has 0 aliphatic heterocycles. The van der Waals surface area contributed by atoms with Gasteiger partial charge in [-0.2, -0.15) is 0 Å². The Balaban J connectivity index is 2.52. The first-order valence-electron chi connectivity index (χ1n) is 5.58. The maximum atomic E-state index is 10.9. The lowest BCUT2D eigenvalue weighted by molar-refractivity contribution is 0.0690. The van der Waals surface area contributed by atoms with E-state index in [0.29, 0.717) is 22.8 Å². The number of methoxy groups -OCH3 is 2. The Morgan fingerprint density at radius 2 is 1.95 bits per heavy atom. The van der Waals surface area contributed by atoms with Crippen molar-refractivity contribution in [3.05, 3.63) is 42.1 Å². The predicted molar refractivity (Wildman–Crippen MR) is 69.7 cm³/mol. The molecule has 0 amide bonds. The van der Waals surface area contributed by atoms with Gasteiger partial charge in [-0.05, 0) is 24.3 Å². The maximum absolute atomic E-state index is 10.9. The zero-order valence-corrected chi connectivity index (χ0v) is 10.6. The molecular formula is C14H13NO4. The van der Waals surface area contributed by atoms with Crippen molar-refractivity contribution in [2.45, 2.75) is 0 Å². The molecule has 1 N–H and O–H groups in total. The van der Waals surface area contributed by atoms with Gasteiger partial charge in [-0.3, -0.25) is 0 Å². The average molecular weight is 259 g/mol. The van der Waals surface area contributed by atoms with E-state index >= 15 is 0 Å². The molecular weight excluding hydrogens is 246 g/mol. The number of pyridine rings is 1. The summed E-state index contributed by atoms with van der Waals surface area (Å²) >= 11 is 0. The minimum atomic E-state index is -1.06. The molecule has 98 valence electrons. The molecule has 2 rings (SSSR count). The Hall–Kier alpha value is -2.56. The van der Waals surface area contributed by atoms with Crippen molar-refractivity contribution in [3.63, 3.8) is 0 Å². The number of aromatic nitrogens is 1. The van der Waals surface area contributed by atoms with E-state index in [1.54, 1.807) is 44.6 Å². The summed E-state index contributed by atoms with van der Waals surface area (Å²) in [5.74, 6) is 0.179. The van der Waals surface area contributed by atoms with Crippen molar-refractivity contribution >= 4 is 5.97 Å². The molecule has 1 heterocycles. The van der Waals surface area contributed by atoms with Crippen molar-refractivity contribution in [2.75, 3.05) is 14.2 Å². The van der Waals surface area contributed by atoms with E-state index in [4.69, 9.17) is 14.6 Å². The molecule has 2 aromatic rings. The Kier molecular flexibility index (Phi) is 3.66. The van der Waals surface area contributed by atoms with E-state index in [1.807, 2.05) is 0 Å². The van der Waals surface area contributed by atoms with Crippen LogP contribution in [0.2, 0.25) is 0 Å². The van der Waals surface area contributed by atoms with Crippen LogP contribution in [0.1, 0.15) is 10.5 Å². The van der Waals surface area contributed by atoms with Crippen LogP contribution in [-0.4, -0.2) is 30.3 Å². The Labute approximate surface area is 110 Å². The summed E-state index contributed by atoms with van der Waals surface area (Å²) in [6, 6.07) is 10.1. The molecule has 0 aliphatic carbocycles. The van der Waals surface area contributed by atoms with Gasteiger partial charge < -0.3 is 14.6 Å². The third kappa shape index (κ3) is 2.65. The average Bonchev–Trinajstić information content (AvgIpc) is 2.46. The molecule has 0 saturated carbocycles. The molecule has 0 saturated heterocycles. The van der Waals surface area contributed by atoms with Crippen LogP contribution in [0, 0.1) is 0 Å². The second-order valence-corrected chi connectivity index (χ2v) is 3.78. The van der Waals surface area contributed by atoms with E-state index in [2.05, 4.69) is 4.98 Å². The number of hydrogen-bond acceptors (Lipinski definition) is 4. The van der Waals surface area contributed by atoms with E-state index in [0.717, 1.165) is 0 Å². The van der Waals surface area contributed by atoms with Crippen molar-refractivity contribution in [1.29, 1.82) is 0 Å². The van der Waals surface area contributed by atoms with Gasteiger partial charge in [-0.1, -0.05) is 6.07 Å². The van der Waals surface area contributed by atoms with E-state index in [9.17, 15) is 4.79 Å². The third-order valence-corrected chi connectivity index (χ3v) is 2.65. The third-order valence-electron chi connectivity index (χ3n) is 2.65. The number of benzene rings is 1. The number of carboxylic acids is 1. The summed E-state index contributed by atoms with van der Waals surface area (Å²) in [6.07, 6.45) is 0. The zero-order valence-electron chi connectivity index (χ0n) is 10.6. The standard InChI is InChI=1S/C14H13NO4/c1-18-9-6-7-10(13(8-9)19-2)11-4-3-5-12(15-11)14(16)17/h3-8H,1-2H3,(H,16,17). The first kappa shape index (κ1) is 12.9. The highest BCUT2D eigenvalue weighted by Gasteiger charge is 2.11. The van der Waals surface area contributed by atoms with Crippen LogP contribution in [-0.2, 0) is 0 Å². The fraction of sp³-hybridized carbons (Fsp3) is 0.143. The van der Waals surface area contributed by atoms with Crippen LogP contribution in [0.4, 0.5) is 0 Å². The number of carboxylic acid groups (broad SMARTS) is 1. The van der Waals surface area contributed by atoms with Gasteiger partial charge in [-0.15, -0.1) is 0 Å². The molecule has 0 radical (unpaired) electrons. The SMILES string of the molecule is COc1ccc(-c2cccc(C(=O)O)n2)c(OC)c1. The van der Waals surface area contributed by atoms with Crippen LogP contribution in [0.25, 0.3) is 11.3 Å². The van der Waals surface area contributed by atoms with Crippen LogP contribution in [0.15, 0.2) is 36.4 Å². The fourth-order valence-corrected chi connectivity index (χ4v) is 1.71. The van der Waals surface area contributed by atoms with E-state index < -0.39 is 5.97 Å². The van der Waals surface area contributed by atoms with Gasteiger partial charge in [0.2, 0.25) is 0 Å². The molecule has 0 atom stereocenters. The van der Waals surface area contributed by atoms with Crippen LogP contribution in [0.3, 0.4) is 0 Å². The smallest absolute Gasteiger partial charge is 0.354 e. The van der Waals surface area contributed by atoms with Gasteiger partial charge in [0.25, 0.3) is 0 Å². The highest BCUT2D eigenvalue weighted by molar-refractivity contribution is 5.86. The highest BCUT2D eigenvalue weighted by atomic mass is 16.5. The summed E-state index contributed by atoms with van der Waals surface area (Å²) in [5.41, 5.74) is 1.25. The molecule has 0 fully saturated rings. The summed E-state index contributed by atoms with van der Waals surface area (Å²) < 4.78 is 10.4. The summed E-state index contributed by atoms with van der Waals surface area (Å²) in [7, 11) is 3.11. The molecule has 0 bridgehead atoms. The Morgan fingerprint density at radius 1 is 1.16 bits per heavy atom. The molecule has 0 aliphatic rings. The normalized spacial score (nSPS) is 10.0. The van der Waals surface area contributed by atoms with Crippen molar-refractivity contribution in [2.24, 2.45) is 0 Å². The van der Waals surface area contributed by atoms with Crippen molar-refractivity contribution < 1.29 is 19.4 Å². The van der Waals surface area contributed by atoms with Gasteiger partial charge in [0.05, 0.1) is 19.9 Å². The lowest BCUT2D eigenvalue weighted by Crippen LogP contribution is -2.01. The topological polar surface area (TPSA) is 68.7 Å². The summed E-state index contributed by atoms with van der Waals surface area (Å²) in [4.78, 5) is 15.0. The van der Waals surface area contributed by atoms with E-state index in [1.165, 1.54) is 6.07 Å².